The summed E-state index contributed by atoms with van der Waals surface area (Å²) in [6, 6.07) is 8.74. The topological polar surface area (TPSA) is 92.4 Å². The molecule has 0 bridgehead atoms. The molecule has 6 nitrogen and oxygen atoms in total. The van der Waals surface area contributed by atoms with E-state index in [1.807, 2.05) is 26.0 Å². The number of hydrogen-bond donors (Lipinski definition) is 2. The minimum Gasteiger partial charge on any atom is -0.478 e. The molecule has 2 aromatic carbocycles. The van der Waals surface area contributed by atoms with Crippen molar-refractivity contribution < 1.29 is 19.2 Å². The molecule has 3 rings (SSSR count). The summed E-state index contributed by atoms with van der Waals surface area (Å²) >= 11 is 0. The molecule has 0 unspecified atom stereocenters. The van der Waals surface area contributed by atoms with Gasteiger partial charge in [0.15, 0.2) is 5.58 Å². The summed E-state index contributed by atoms with van der Waals surface area (Å²) in [4.78, 5) is 23.7. The molecule has 0 aliphatic carbocycles. The molecule has 2 N–H and O–H groups in total. The summed E-state index contributed by atoms with van der Waals surface area (Å²) in [5.74, 6) is -1.43. The number of rotatable bonds is 4. The lowest BCUT2D eigenvalue weighted by Crippen LogP contribution is -2.17. The zero-order valence-electron chi connectivity index (χ0n) is 14.2. The van der Waals surface area contributed by atoms with Gasteiger partial charge in [-0.15, -0.1) is 0 Å². The second-order valence-corrected chi connectivity index (χ2v) is 6.16. The number of carboxylic acid groups (broad SMARTS) is 1. The van der Waals surface area contributed by atoms with E-state index in [4.69, 9.17) is 4.52 Å². The molecule has 128 valence electrons. The van der Waals surface area contributed by atoms with Crippen molar-refractivity contribution in [2.45, 2.75) is 27.2 Å². The van der Waals surface area contributed by atoms with Crippen LogP contribution in [0.5, 0.6) is 0 Å². The van der Waals surface area contributed by atoms with Gasteiger partial charge in [0.05, 0.1) is 17.7 Å². The van der Waals surface area contributed by atoms with E-state index >= 15 is 0 Å². The average molecular weight is 338 g/mol. The van der Waals surface area contributed by atoms with Gasteiger partial charge in [0.2, 0.25) is 5.91 Å². The lowest BCUT2D eigenvalue weighted by Gasteiger charge is -2.09. The molecule has 0 fully saturated rings. The van der Waals surface area contributed by atoms with E-state index in [-0.39, 0.29) is 23.6 Å². The number of hydrogen-bond acceptors (Lipinski definition) is 4. The van der Waals surface area contributed by atoms with E-state index in [2.05, 4.69) is 10.5 Å². The Bertz CT molecular complexity index is 988. The Morgan fingerprint density at radius 1 is 1.12 bits per heavy atom. The normalized spacial score (nSPS) is 10.8. The van der Waals surface area contributed by atoms with Crippen LogP contribution in [-0.2, 0) is 11.2 Å². The highest BCUT2D eigenvalue weighted by atomic mass is 16.5. The van der Waals surface area contributed by atoms with Gasteiger partial charge in [-0.25, -0.2) is 4.79 Å². The molecule has 0 aliphatic heterocycles. The minimum atomic E-state index is -1.09. The molecule has 0 saturated carbocycles. The number of benzene rings is 2. The molecule has 25 heavy (non-hydrogen) atoms. The lowest BCUT2D eigenvalue weighted by atomic mass is 10.0. The molecule has 1 amide bonds. The van der Waals surface area contributed by atoms with Crippen LogP contribution in [0, 0.1) is 20.8 Å². The van der Waals surface area contributed by atoms with E-state index < -0.39 is 5.97 Å². The van der Waals surface area contributed by atoms with Crippen LogP contribution in [0.25, 0.3) is 11.0 Å². The van der Waals surface area contributed by atoms with Gasteiger partial charge in [0.1, 0.15) is 5.69 Å². The van der Waals surface area contributed by atoms with E-state index in [1.165, 1.54) is 6.07 Å². The number of anilines is 1. The number of nitrogens with zero attached hydrogens (tertiary/aromatic N) is 1. The van der Waals surface area contributed by atoms with Gasteiger partial charge in [-0.05, 0) is 50.1 Å². The zero-order valence-corrected chi connectivity index (χ0v) is 14.2. The van der Waals surface area contributed by atoms with Crippen molar-refractivity contribution in [3.05, 3.63) is 58.3 Å². The molecule has 3 aromatic rings. The minimum absolute atomic E-state index is 0.00381. The number of aromatic carboxylic acids is 1. The molecule has 0 atom stereocenters. The first-order valence-corrected chi connectivity index (χ1v) is 7.84. The third kappa shape index (κ3) is 3.38. The van der Waals surface area contributed by atoms with Crippen molar-refractivity contribution in [2.24, 2.45) is 0 Å². The third-order valence-electron chi connectivity index (χ3n) is 3.99. The Kier molecular flexibility index (Phi) is 4.27. The summed E-state index contributed by atoms with van der Waals surface area (Å²) in [7, 11) is 0. The number of amides is 1. The molecule has 1 heterocycles. The number of nitrogens with one attached hydrogen (secondary N) is 1. The van der Waals surface area contributed by atoms with Crippen molar-refractivity contribution in [2.75, 3.05) is 5.32 Å². The van der Waals surface area contributed by atoms with E-state index in [1.54, 1.807) is 19.1 Å². The van der Waals surface area contributed by atoms with Crippen LogP contribution in [-0.4, -0.2) is 22.1 Å². The Balaban J connectivity index is 1.86. The summed E-state index contributed by atoms with van der Waals surface area (Å²) in [5.41, 5.74) is 4.36. The van der Waals surface area contributed by atoms with Crippen LogP contribution < -0.4 is 5.32 Å². The van der Waals surface area contributed by atoms with Crippen molar-refractivity contribution in [3.63, 3.8) is 0 Å². The highest BCUT2D eigenvalue weighted by molar-refractivity contribution is 6.02. The van der Waals surface area contributed by atoms with Crippen LogP contribution in [0.1, 0.15) is 32.7 Å². The third-order valence-corrected chi connectivity index (χ3v) is 3.99. The Morgan fingerprint density at radius 3 is 2.60 bits per heavy atom. The van der Waals surface area contributed by atoms with Crippen LogP contribution in [0.3, 0.4) is 0 Å². The van der Waals surface area contributed by atoms with Crippen molar-refractivity contribution in [1.29, 1.82) is 0 Å². The van der Waals surface area contributed by atoms with E-state index in [0.717, 1.165) is 22.1 Å². The fourth-order valence-corrected chi connectivity index (χ4v) is 2.93. The fourth-order valence-electron chi connectivity index (χ4n) is 2.93. The van der Waals surface area contributed by atoms with E-state index in [9.17, 15) is 14.7 Å². The zero-order chi connectivity index (χ0) is 18.1. The van der Waals surface area contributed by atoms with Gasteiger partial charge in [-0.1, -0.05) is 22.9 Å². The second kappa shape index (κ2) is 6.39. The van der Waals surface area contributed by atoms with Gasteiger partial charge in [0.25, 0.3) is 0 Å². The Hall–Kier alpha value is -3.15. The van der Waals surface area contributed by atoms with Gasteiger partial charge in [0, 0.05) is 5.39 Å². The highest BCUT2D eigenvalue weighted by Crippen LogP contribution is 2.25. The number of carbonyl (C=O) groups is 2. The largest absolute Gasteiger partial charge is 0.478 e. The van der Waals surface area contributed by atoms with Crippen molar-refractivity contribution in [1.82, 2.24) is 5.16 Å². The van der Waals surface area contributed by atoms with Gasteiger partial charge in [-0.2, -0.15) is 0 Å². The molecule has 0 saturated heterocycles. The molecule has 1 aromatic heterocycles. The van der Waals surface area contributed by atoms with Gasteiger partial charge >= 0.3 is 5.97 Å². The Morgan fingerprint density at radius 2 is 1.88 bits per heavy atom. The first-order valence-electron chi connectivity index (χ1n) is 7.84. The smallest absolute Gasteiger partial charge is 0.337 e. The number of carboxylic acids is 1. The predicted octanol–water partition coefficient (Wildman–Crippen LogP) is 3.63. The standard InChI is InChI=1S/C19H18N2O4/c1-10-4-5-14(13(7-10)19(23)24)20-17(22)9-15-18-12(3)6-11(2)8-16(18)25-21-15/h4-8H,9H2,1-3H3,(H,20,22)(H,23,24). The predicted molar refractivity (Wildman–Crippen MR) is 94.0 cm³/mol. The molecule has 0 radical (unpaired) electrons. The Labute approximate surface area is 144 Å². The van der Waals surface area contributed by atoms with Crippen molar-refractivity contribution >= 4 is 28.5 Å². The van der Waals surface area contributed by atoms with Crippen molar-refractivity contribution in [3.8, 4) is 0 Å². The number of carbonyl (C=O) groups excluding carboxylic acids is 1. The van der Waals surface area contributed by atoms with Gasteiger partial charge in [-0.3, -0.25) is 4.79 Å². The quantitative estimate of drug-likeness (QED) is 0.758. The fraction of sp³-hybridized carbons (Fsp3) is 0.211. The maximum absolute atomic E-state index is 12.4. The van der Waals surface area contributed by atoms with Crippen LogP contribution in [0.2, 0.25) is 0 Å². The lowest BCUT2D eigenvalue weighted by molar-refractivity contribution is -0.115. The summed E-state index contributed by atoms with van der Waals surface area (Å²) in [6.07, 6.45) is 0.00381. The highest BCUT2D eigenvalue weighted by Gasteiger charge is 2.17. The number of aromatic nitrogens is 1. The summed E-state index contributed by atoms with van der Waals surface area (Å²) in [5, 5.41) is 16.8. The second-order valence-electron chi connectivity index (χ2n) is 6.16. The SMILES string of the molecule is Cc1ccc(NC(=O)Cc2noc3cc(C)cc(C)c23)c(C(=O)O)c1. The number of aryl methyl sites for hydroxylation is 3. The molecule has 0 aliphatic rings. The van der Waals surface area contributed by atoms with Crippen LogP contribution in [0.15, 0.2) is 34.9 Å². The first kappa shape index (κ1) is 16.7. The summed E-state index contributed by atoms with van der Waals surface area (Å²) < 4.78 is 5.32. The monoisotopic (exact) mass is 338 g/mol. The molecule has 6 heteroatoms. The van der Waals surface area contributed by atoms with Gasteiger partial charge < -0.3 is 14.9 Å². The molecule has 0 spiro atoms. The number of fused-ring (bicyclic) bond motifs is 1. The van der Waals surface area contributed by atoms with Crippen LogP contribution in [0.4, 0.5) is 5.69 Å². The van der Waals surface area contributed by atoms with E-state index in [0.29, 0.717) is 11.3 Å². The average Bonchev–Trinajstić information content (AvgIpc) is 2.91. The molecular formula is C19H18N2O4. The maximum Gasteiger partial charge on any atom is 0.337 e. The maximum atomic E-state index is 12.4. The summed E-state index contributed by atoms with van der Waals surface area (Å²) in [6.45, 7) is 5.70. The van der Waals surface area contributed by atoms with Crippen LogP contribution >= 0.6 is 0 Å². The molecular weight excluding hydrogens is 320 g/mol. The first-order chi connectivity index (χ1) is 11.8.